The van der Waals surface area contributed by atoms with Crippen LogP contribution in [-0.2, 0) is 0 Å². The van der Waals surface area contributed by atoms with Crippen LogP contribution >= 0.6 is 0 Å². The van der Waals surface area contributed by atoms with Crippen molar-refractivity contribution in [2.24, 2.45) is 5.73 Å². The van der Waals surface area contributed by atoms with E-state index in [9.17, 15) is 0 Å². The van der Waals surface area contributed by atoms with Gasteiger partial charge in [0.1, 0.15) is 0 Å². The van der Waals surface area contributed by atoms with Crippen LogP contribution in [0.15, 0.2) is 48.3 Å². The summed E-state index contributed by atoms with van der Waals surface area (Å²) < 4.78 is 0. The van der Waals surface area contributed by atoms with Gasteiger partial charge in [-0.25, -0.2) is 0 Å². The lowest BCUT2D eigenvalue weighted by molar-refractivity contribution is 1.33. The average molecular weight is 198 g/mol. The van der Waals surface area contributed by atoms with Crippen LogP contribution < -0.4 is 5.73 Å². The third-order valence-electron chi connectivity index (χ3n) is 2.43. The molecular formula is C13H14N2. The molecule has 1 aromatic heterocycles. The molecule has 0 aliphatic rings. The van der Waals surface area contributed by atoms with Crippen LogP contribution in [0.2, 0.25) is 0 Å². The fraction of sp³-hybridized carbons (Fsp3) is 0.0769. The first-order valence-corrected chi connectivity index (χ1v) is 4.87. The highest BCUT2D eigenvalue weighted by Crippen LogP contribution is 2.20. The van der Waals surface area contributed by atoms with Crippen molar-refractivity contribution in [2.75, 3.05) is 0 Å². The minimum absolute atomic E-state index is 0.722. The van der Waals surface area contributed by atoms with E-state index < -0.39 is 0 Å². The predicted octanol–water partition coefficient (Wildman–Crippen LogP) is 3.04. The number of hydrogen-bond acceptors (Lipinski definition) is 1. The number of rotatable bonds is 2. The summed E-state index contributed by atoms with van der Waals surface area (Å²) >= 11 is 0. The van der Waals surface area contributed by atoms with Gasteiger partial charge < -0.3 is 10.7 Å². The van der Waals surface area contributed by atoms with Gasteiger partial charge in [-0.05, 0) is 24.6 Å². The van der Waals surface area contributed by atoms with Crippen LogP contribution in [0.25, 0.3) is 17.0 Å². The summed E-state index contributed by atoms with van der Waals surface area (Å²) in [6, 6.07) is 8.14. The van der Waals surface area contributed by atoms with Crippen LogP contribution in [0, 0.1) is 0 Å². The molecule has 0 unspecified atom stereocenters. The van der Waals surface area contributed by atoms with Gasteiger partial charge in [0.25, 0.3) is 0 Å². The lowest BCUT2D eigenvalue weighted by Crippen LogP contribution is -1.96. The summed E-state index contributed by atoms with van der Waals surface area (Å²) in [5.74, 6) is 0. The monoisotopic (exact) mass is 198 g/mol. The number of nitrogens with two attached hydrogens (primary N) is 1. The minimum atomic E-state index is 0.722. The third-order valence-corrected chi connectivity index (χ3v) is 2.43. The summed E-state index contributed by atoms with van der Waals surface area (Å²) in [6.45, 7) is 5.72. The number of fused-ring (bicyclic) bond motifs is 1. The molecule has 1 aromatic carbocycles. The molecule has 0 amide bonds. The Morgan fingerprint density at radius 3 is 2.87 bits per heavy atom. The van der Waals surface area contributed by atoms with Crippen LogP contribution in [-0.4, -0.2) is 4.98 Å². The Kier molecular flexibility index (Phi) is 2.34. The van der Waals surface area contributed by atoms with Crippen molar-refractivity contribution in [1.29, 1.82) is 0 Å². The molecular weight excluding hydrogens is 184 g/mol. The molecule has 0 atom stereocenters. The number of hydrogen-bond donors (Lipinski definition) is 2. The zero-order valence-electron chi connectivity index (χ0n) is 8.75. The Morgan fingerprint density at radius 2 is 2.13 bits per heavy atom. The summed E-state index contributed by atoms with van der Waals surface area (Å²) in [4.78, 5) is 3.20. The molecule has 0 spiro atoms. The van der Waals surface area contributed by atoms with Crippen molar-refractivity contribution in [1.82, 2.24) is 4.98 Å². The largest absolute Gasteiger partial charge is 0.399 e. The predicted molar refractivity (Wildman–Crippen MR) is 65.3 cm³/mol. The van der Waals surface area contributed by atoms with Crippen LogP contribution in [0.4, 0.5) is 0 Å². The fourth-order valence-electron chi connectivity index (χ4n) is 1.50. The molecule has 76 valence electrons. The summed E-state index contributed by atoms with van der Waals surface area (Å²) in [6.07, 6.45) is 3.90. The average Bonchev–Trinajstić information content (AvgIpc) is 2.62. The molecule has 0 bridgehead atoms. The van der Waals surface area contributed by atoms with Crippen molar-refractivity contribution in [3.63, 3.8) is 0 Å². The Bertz CT molecular complexity index is 532. The van der Waals surface area contributed by atoms with Gasteiger partial charge >= 0.3 is 0 Å². The van der Waals surface area contributed by atoms with E-state index in [4.69, 9.17) is 5.73 Å². The SMILES string of the molecule is C=C(C)/C(N)=C/c1c[nH]c2ccccc12. The number of para-hydroxylation sites is 1. The van der Waals surface area contributed by atoms with Gasteiger partial charge in [0, 0.05) is 28.4 Å². The second kappa shape index (κ2) is 3.65. The highest BCUT2D eigenvalue weighted by Gasteiger charge is 2.00. The Labute approximate surface area is 89.1 Å². The molecule has 0 aliphatic carbocycles. The first-order valence-electron chi connectivity index (χ1n) is 4.87. The van der Waals surface area contributed by atoms with Crippen molar-refractivity contribution in [3.05, 3.63) is 53.9 Å². The molecule has 15 heavy (non-hydrogen) atoms. The number of benzene rings is 1. The smallest absolute Gasteiger partial charge is 0.0460 e. The Morgan fingerprint density at radius 1 is 1.40 bits per heavy atom. The van der Waals surface area contributed by atoms with E-state index in [0.717, 1.165) is 22.4 Å². The summed E-state index contributed by atoms with van der Waals surface area (Å²) in [5.41, 5.74) is 9.68. The van der Waals surface area contributed by atoms with E-state index in [1.165, 1.54) is 5.39 Å². The first-order chi connectivity index (χ1) is 7.18. The molecule has 1 heterocycles. The van der Waals surface area contributed by atoms with Crippen LogP contribution in [0.1, 0.15) is 12.5 Å². The molecule has 2 heteroatoms. The van der Waals surface area contributed by atoms with Crippen LogP contribution in [0.5, 0.6) is 0 Å². The van der Waals surface area contributed by atoms with E-state index in [-0.39, 0.29) is 0 Å². The third kappa shape index (κ3) is 1.79. The second-order valence-electron chi connectivity index (χ2n) is 3.67. The van der Waals surface area contributed by atoms with Gasteiger partial charge in [-0.2, -0.15) is 0 Å². The molecule has 2 rings (SSSR count). The van der Waals surface area contributed by atoms with Crippen molar-refractivity contribution in [2.45, 2.75) is 6.92 Å². The maximum absolute atomic E-state index is 5.85. The van der Waals surface area contributed by atoms with Crippen LogP contribution in [0.3, 0.4) is 0 Å². The van der Waals surface area contributed by atoms with E-state index in [1.807, 2.05) is 37.4 Å². The number of H-pyrrole nitrogens is 1. The maximum Gasteiger partial charge on any atom is 0.0460 e. The van der Waals surface area contributed by atoms with Crippen molar-refractivity contribution < 1.29 is 0 Å². The van der Waals surface area contributed by atoms with Gasteiger partial charge in [-0.1, -0.05) is 24.8 Å². The molecule has 0 aliphatic heterocycles. The second-order valence-corrected chi connectivity index (χ2v) is 3.67. The number of nitrogens with one attached hydrogen (secondary N) is 1. The first kappa shape index (κ1) is 9.59. The van der Waals surface area contributed by atoms with Gasteiger partial charge in [-0.3, -0.25) is 0 Å². The zero-order chi connectivity index (χ0) is 10.8. The molecule has 2 nitrogen and oxygen atoms in total. The molecule has 2 aromatic rings. The normalized spacial score (nSPS) is 11.9. The van der Waals surface area contributed by atoms with Gasteiger partial charge in [0.15, 0.2) is 0 Å². The van der Waals surface area contributed by atoms with Gasteiger partial charge in [0.05, 0.1) is 0 Å². The van der Waals surface area contributed by atoms with E-state index in [2.05, 4.69) is 17.6 Å². The lowest BCUT2D eigenvalue weighted by Gasteiger charge is -1.98. The fourth-order valence-corrected chi connectivity index (χ4v) is 1.50. The molecule has 0 fully saturated rings. The number of aromatic nitrogens is 1. The molecule has 0 saturated carbocycles. The molecule has 0 saturated heterocycles. The quantitative estimate of drug-likeness (QED) is 0.715. The number of aromatic amines is 1. The highest BCUT2D eigenvalue weighted by molar-refractivity contribution is 5.89. The topological polar surface area (TPSA) is 41.8 Å². The van der Waals surface area contributed by atoms with Crippen molar-refractivity contribution in [3.8, 4) is 0 Å². The maximum atomic E-state index is 5.85. The summed E-state index contributed by atoms with van der Waals surface area (Å²) in [7, 11) is 0. The lowest BCUT2D eigenvalue weighted by atomic mass is 10.1. The number of allylic oxidation sites excluding steroid dienone is 1. The highest BCUT2D eigenvalue weighted by atomic mass is 14.7. The molecule has 3 N–H and O–H groups in total. The Balaban J connectivity index is 2.54. The van der Waals surface area contributed by atoms with E-state index in [1.54, 1.807) is 0 Å². The van der Waals surface area contributed by atoms with E-state index >= 15 is 0 Å². The van der Waals surface area contributed by atoms with E-state index in [0.29, 0.717) is 0 Å². The minimum Gasteiger partial charge on any atom is -0.399 e. The zero-order valence-corrected chi connectivity index (χ0v) is 8.75. The van der Waals surface area contributed by atoms with Gasteiger partial charge in [0.2, 0.25) is 0 Å². The van der Waals surface area contributed by atoms with Crippen molar-refractivity contribution >= 4 is 17.0 Å². The molecule has 0 radical (unpaired) electrons. The summed E-state index contributed by atoms with van der Waals surface area (Å²) in [5, 5.41) is 1.18. The Hall–Kier alpha value is -1.96. The standard InChI is InChI=1S/C13H14N2/c1-9(2)12(14)7-10-8-15-13-6-4-3-5-11(10)13/h3-8,15H,1,14H2,2H3/b12-7-. The van der Waals surface area contributed by atoms with Gasteiger partial charge in [-0.15, -0.1) is 0 Å².